The van der Waals surface area contributed by atoms with Gasteiger partial charge in [0.25, 0.3) is 0 Å². The average molecular weight is 258 g/mol. The third kappa shape index (κ3) is 1.91. The van der Waals surface area contributed by atoms with Gasteiger partial charge in [-0.15, -0.1) is 11.3 Å². The van der Waals surface area contributed by atoms with E-state index < -0.39 is 0 Å². The molecule has 0 spiro atoms. The Morgan fingerprint density at radius 3 is 3.00 bits per heavy atom. The number of nitrogens with one attached hydrogen (secondary N) is 1. The van der Waals surface area contributed by atoms with Crippen molar-refractivity contribution in [2.75, 3.05) is 0 Å². The summed E-state index contributed by atoms with van der Waals surface area (Å²) in [4.78, 5) is 1.13. The summed E-state index contributed by atoms with van der Waals surface area (Å²) in [5, 5.41) is 9.77. The van der Waals surface area contributed by atoms with Gasteiger partial charge in [-0.3, -0.25) is 0 Å². The monoisotopic (exact) mass is 257 g/mol. The van der Waals surface area contributed by atoms with Crippen LogP contribution in [0, 0.1) is 0 Å². The van der Waals surface area contributed by atoms with Crippen molar-refractivity contribution in [2.24, 2.45) is 0 Å². The maximum atomic E-state index is 8.55. The van der Waals surface area contributed by atoms with E-state index in [4.69, 9.17) is 5.21 Å². The molecular formula is C9H8BrNOS. The van der Waals surface area contributed by atoms with Gasteiger partial charge in [-0.05, 0) is 23.6 Å². The summed E-state index contributed by atoms with van der Waals surface area (Å²) < 4.78 is 2.32. The Bertz CT molecular complexity index is 426. The van der Waals surface area contributed by atoms with Gasteiger partial charge in [0, 0.05) is 14.0 Å². The number of benzene rings is 1. The van der Waals surface area contributed by atoms with Gasteiger partial charge < -0.3 is 5.21 Å². The van der Waals surface area contributed by atoms with Crippen LogP contribution in [0.2, 0.25) is 0 Å². The lowest BCUT2D eigenvalue weighted by Crippen LogP contribution is -2.03. The summed E-state index contributed by atoms with van der Waals surface area (Å²) in [5.74, 6) is 0. The van der Waals surface area contributed by atoms with Crippen molar-refractivity contribution >= 4 is 37.4 Å². The molecule has 0 radical (unpaired) electrons. The minimum atomic E-state index is 0.511. The number of hydrogen-bond acceptors (Lipinski definition) is 3. The van der Waals surface area contributed by atoms with Gasteiger partial charge in [0.1, 0.15) is 0 Å². The van der Waals surface area contributed by atoms with E-state index in [1.807, 2.05) is 6.07 Å². The Morgan fingerprint density at radius 1 is 1.38 bits per heavy atom. The van der Waals surface area contributed by atoms with E-state index in [1.54, 1.807) is 11.3 Å². The predicted molar refractivity (Wildman–Crippen MR) is 58.2 cm³/mol. The summed E-state index contributed by atoms with van der Waals surface area (Å²) in [7, 11) is 0. The molecule has 1 aromatic heterocycles. The van der Waals surface area contributed by atoms with Gasteiger partial charge in [-0.25, -0.2) is 5.48 Å². The predicted octanol–water partition coefficient (Wildman–Crippen LogP) is 3.14. The van der Waals surface area contributed by atoms with Crippen molar-refractivity contribution in [3.63, 3.8) is 0 Å². The van der Waals surface area contributed by atoms with Crippen molar-refractivity contribution in [3.05, 3.63) is 33.6 Å². The molecule has 2 N–H and O–H groups in total. The first-order valence-corrected chi connectivity index (χ1v) is 5.45. The van der Waals surface area contributed by atoms with Crippen LogP contribution in [0.4, 0.5) is 0 Å². The van der Waals surface area contributed by atoms with E-state index in [2.05, 4.69) is 39.6 Å². The minimum Gasteiger partial charge on any atom is -0.316 e. The van der Waals surface area contributed by atoms with Crippen LogP contribution in [0.15, 0.2) is 28.7 Å². The van der Waals surface area contributed by atoms with Gasteiger partial charge >= 0.3 is 0 Å². The van der Waals surface area contributed by atoms with Gasteiger partial charge in [-0.1, -0.05) is 22.0 Å². The molecule has 0 unspecified atom stereocenters. The van der Waals surface area contributed by atoms with Crippen molar-refractivity contribution in [2.45, 2.75) is 6.54 Å². The highest BCUT2D eigenvalue weighted by molar-refractivity contribution is 9.10. The number of hydrogen-bond donors (Lipinski definition) is 2. The standard InChI is InChI=1S/C9H8BrNOS/c10-7-2-1-6-3-8(5-11-12)13-9(6)4-7/h1-4,11-12H,5H2. The lowest BCUT2D eigenvalue weighted by Gasteiger charge is -1.89. The molecule has 4 heteroatoms. The smallest absolute Gasteiger partial charge is 0.0552 e. The van der Waals surface area contributed by atoms with Crippen LogP contribution in [-0.2, 0) is 6.54 Å². The van der Waals surface area contributed by atoms with Crippen LogP contribution >= 0.6 is 27.3 Å². The second kappa shape index (κ2) is 3.75. The molecule has 0 saturated carbocycles. The second-order valence-corrected chi connectivity index (χ2v) is 4.81. The lowest BCUT2D eigenvalue weighted by molar-refractivity contribution is 0.162. The van der Waals surface area contributed by atoms with E-state index in [0.717, 1.165) is 9.35 Å². The molecule has 0 aliphatic rings. The van der Waals surface area contributed by atoms with E-state index in [-0.39, 0.29) is 0 Å². The third-order valence-electron chi connectivity index (χ3n) is 1.79. The van der Waals surface area contributed by atoms with E-state index in [1.165, 1.54) is 10.1 Å². The van der Waals surface area contributed by atoms with Crippen molar-refractivity contribution in [1.29, 1.82) is 0 Å². The third-order valence-corrected chi connectivity index (χ3v) is 3.38. The zero-order chi connectivity index (χ0) is 9.26. The molecule has 13 heavy (non-hydrogen) atoms. The molecule has 2 nitrogen and oxygen atoms in total. The Morgan fingerprint density at radius 2 is 2.23 bits per heavy atom. The first kappa shape index (κ1) is 9.15. The molecule has 0 fully saturated rings. The van der Waals surface area contributed by atoms with Crippen LogP contribution in [0.1, 0.15) is 4.88 Å². The summed E-state index contributed by atoms with van der Waals surface area (Å²) in [5.41, 5.74) is 2.16. The Hall–Kier alpha value is -0.420. The van der Waals surface area contributed by atoms with E-state index in [0.29, 0.717) is 6.54 Å². The lowest BCUT2D eigenvalue weighted by atomic mass is 10.2. The quantitative estimate of drug-likeness (QED) is 0.811. The largest absolute Gasteiger partial charge is 0.316 e. The van der Waals surface area contributed by atoms with Crippen molar-refractivity contribution < 1.29 is 5.21 Å². The highest BCUT2D eigenvalue weighted by Gasteiger charge is 2.00. The van der Waals surface area contributed by atoms with E-state index >= 15 is 0 Å². The van der Waals surface area contributed by atoms with Crippen LogP contribution < -0.4 is 5.48 Å². The zero-order valence-electron chi connectivity index (χ0n) is 6.75. The van der Waals surface area contributed by atoms with Gasteiger partial charge in [0.2, 0.25) is 0 Å². The molecule has 0 aliphatic carbocycles. The van der Waals surface area contributed by atoms with Crippen LogP contribution in [0.3, 0.4) is 0 Å². The van der Waals surface area contributed by atoms with Crippen LogP contribution in [0.25, 0.3) is 10.1 Å². The molecular weight excluding hydrogens is 250 g/mol. The van der Waals surface area contributed by atoms with Crippen molar-refractivity contribution in [3.8, 4) is 0 Å². The number of halogens is 1. The number of hydroxylamine groups is 1. The highest BCUT2D eigenvalue weighted by atomic mass is 79.9. The zero-order valence-corrected chi connectivity index (χ0v) is 9.15. The molecule has 1 heterocycles. The number of fused-ring (bicyclic) bond motifs is 1. The summed E-state index contributed by atoms with van der Waals surface area (Å²) in [6, 6.07) is 8.25. The Kier molecular flexibility index (Phi) is 2.64. The molecule has 0 saturated heterocycles. The fourth-order valence-corrected chi connectivity index (χ4v) is 2.77. The van der Waals surface area contributed by atoms with Crippen molar-refractivity contribution in [1.82, 2.24) is 5.48 Å². The molecule has 0 atom stereocenters. The first-order valence-electron chi connectivity index (χ1n) is 3.84. The van der Waals surface area contributed by atoms with Gasteiger partial charge in [0.05, 0.1) is 6.54 Å². The van der Waals surface area contributed by atoms with Gasteiger partial charge in [0.15, 0.2) is 0 Å². The maximum Gasteiger partial charge on any atom is 0.0552 e. The summed E-state index contributed by atoms with van der Waals surface area (Å²) in [6.07, 6.45) is 0. The fraction of sp³-hybridized carbons (Fsp3) is 0.111. The average Bonchev–Trinajstić information content (AvgIpc) is 2.46. The van der Waals surface area contributed by atoms with Crippen LogP contribution in [-0.4, -0.2) is 5.21 Å². The molecule has 0 amide bonds. The topological polar surface area (TPSA) is 32.3 Å². The number of rotatable bonds is 2. The summed E-state index contributed by atoms with van der Waals surface area (Å²) in [6.45, 7) is 0.511. The molecule has 0 bridgehead atoms. The van der Waals surface area contributed by atoms with Crippen LogP contribution in [0.5, 0.6) is 0 Å². The summed E-state index contributed by atoms with van der Waals surface area (Å²) >= 11 is 5.11. The molecule has 0 aliphatic heterocycles. The second-order valence-electron chi connectivity index (χ2n) is 2.73. The molecule has 2 aromatic rings. The molecule has 2 rings (SSSR count). The Balaban J connectivity index is 2.49. The highest BCUT2D eigenvalue weighted by Crippen LogP contribution is 2.28. The van der Waals surface area contributed by atoms with Gasteiger partial charge in [-0.2, -0.15) is 0 Å². The molecule has 68 valence electrons. The Labute approximate surface area is 88.3 Å². The number of thiophene rings is 1. The minimum absolute atomic E-state index is 0.511. The fourth-order valence-electron chi connectivity index (χ4n) is 1.23. The maximum absolute atomic E-state index is 8.55. The molecule has 1 aromatic carbocycles. The first-order chi connectivity index (χ1) is 6.29. The normalized spacial score (nSPS) is 10.9. The SMILES string of the molecule is ONCc1cc2ccc(Br)cc2s1. The van der Waals surface area contributed by atoms with E-state index in [9.17, 15) is 0 Å².